The van der Waals surface area contributed by atoms with Gasteiger partial charge < -0.3 is 10.2 Å². The number of hydrogen-bond acceptors (Lipinski definition) is 3. The Morgan fingerprint density at radius 2 is 2.00 bits per heavy atom. The highest BCUT2D eigenvalue weighted by molar-refractivity contribution is 4.94. The first-order valence-electron chi connectivity index (χ1n) is 7.69. The third-order valence-corrected chi connectivity index (χ3v) is 4.73. The van der Waals surface area contributed by atoms with Crippen molar-refractivity contribution in [3.05, 3.63) is 0 Å². The highest BCUT2D eigenvalue weighted by Crippen LogP contribution is 2.34. The summed E-state index contributed by atoms with van der Waals surface area (Å²) in [5.74, 6) is 1.68. The van der Waals surface area contributed by atoms with Gasteiger partial charge in [0.25, 0.3) is 0 Å². The Bertz CT molecular complexity index is 252. The first-order chi connectivity index (χ1) is 8.58. The van der Waals surface area contributed by atoms with Crippen LogP contribution in [0.15, 0.2) is 0 Å². The van der Waals surface area contributed by atoms with Gasteiger partial charge in [-0.05, 0) is 58.3 Å². The van der Waals surface area contributed by atoms with E-state index in [0.717, 1.165) is 23.9 Å². The predicted octanol–water partition coefficient (Wildman–Crippen LogP) is 1.65. The summed E-state index contributed by atoms with van der Waals surface area (Å²) < 4.78 is 0. The molecular formula is C15H31N3. The van der Waals surface area contributed by atoms with E-state index in [1.165, 1.54) is 45.4 Å². The van der Waals surface area contributed by atoms with Crippen LogP contribution in [0.25, 0.3) is 0 Å². The molecule has 2 aliphatic rings. The fraction of sp³-hybridized carbons (Fsp3) is 1.00. The van der Waals surface area contributed by atoms with E-state index in [1.807, 2.05) is 0 Å². The maximum atomic E-state index is 3.64. The minimum atomic E-state index is 0.772. The Hall–Kier alpha value is -0.120. The molecule has 0 amide bonds. The molecule has 3 atom stereocenters. The first-order valence-corrected chi connectivity index (χ1v) is 7.69. The van der Waals surface area contributed by atoms with Crippen LogP contribution >= 0.6 is 0 Å². The molecule has 0 aromatic carbocycles. The van der Waals surface area contributed by atoms with E-state index in [1.54, 1.807) is 0 Å². The SMILES string of the molecule is CC(C)CNCC1CCC1N1CCC(N(C)C)C1. The summed E-state index contributed by atoms with van der Waals surface area (Å²) in [6.45, 7) is 9.57. The smallest absolute Gasteiger partial charge is 0.0229 e. The van der Waals surface area contributed by atoms with Crippen LogP contribution in [0.5, 0.6) is 0 Å². The molecule has 1 saturated heterocycles. The summed E-state index contributed by atoms with van der Waals surface area (Å²) in [5.41, 5.74) is 0. The summed E-state index contributed by atoms with van der Waals surface area (Å²) in [6.07, 6.45) is 4.21. The molecule has 0 bridgehead atoms. The lowest BCUT2D eigenvalue weighted by Crippen LogP contribution is -2.50. The fourth-order valence-corrected chi connectivity index (χ4v) is 3.32. The third-order valence-electron chi connectivity index (χ3n) is 4.73. The van der Waals surface area contributed by atoms with Gasteiger partial charge in [-0.3, -0.25) is 4.90 Å². The number of nitrogens with one attached hydrogen (secondary N) is 1. The van der Waals surface area contributed by atoms with E-state index >= 15 is 0 Å². The van der Waals surface area contributed by atoms with Gasteiger partial charge >= 0.3 is 0 Å². The van der Waals surface area contributed by atoms with Crippen molar-refractivity contribution in [3.63, 3.8) is 0 Å². The van der Waals surface area contributed by atoms with Crippen LogP contribution in [-0.4, -0.2) is 62.2 Å². The second kappa shape index (κ2) is 6.36. The van der Waals surface area contributed by atoms with Crippen molar-refractivity contribution in [1.29, 1.82) is 0 Å². The number of nitrogens with zero attached hydrogens (tertiary/aromatic N) is 2. The van der Waals surface area contributed by atoms with Gasteiger partial charge in [0.15, 0.2) is 0 Å². The zero-order valence-corrected chi connectivity index (χ0v) is 12.7. The largest absolute Gasteiger partial charge is 0.316 e. The van der Waals surface area contributed by atoms with Crippen LogP contribution in [0.2, 0.25) is 0 Å². The lowest BCUT2D eigenvalue weighted by atomic mass is 9.78. The van der Waals surface area contributed by atoms with Crippen molar-refractivity contribution in [2.24, 2.45) is 11.8 Å². The molecule has 0 spiro atoms. The molecule has 1 aliphatic carbocycles. The van der Waals surface area contributed by atoms with Crippen molar-refractivity contribution in [3.8, 4) is 0 Å². The lowest BCUT2D eigenvalue weighted by molar-refractivity contribution is 0.0762. The van der Waals surface area contributed by atoms with Gasteiger partial charge in [-0.2, -0.15) is 0 Å². The van der Waals surface area contributed by atoms with Crippen molar-refractivity contribution < 1.29 is 0 Å². The highest BCUT2D eigenvalue weighted by Gasteiger charge is 2.38. The Morgan fingerprint density at radius 3 is 2.50 bits per heavy atom. The van der Waals surface area contributed by atoms with Gasteiger partial charge in [0.2, 0.25) is 0 Å². The van der Waals surface area contributed by atoms with Gasteiger partial charge in [0.1, 0.15) is 0 Å². The zero-order chi connectivity index (χ0) is 13.1. The summed E-state index contributed by atoms with van der Waals surface area (Å²) in [6, 6.07) is 1.66. The van der Waals surface area contributed by atoms with E-state index in [4.69, 9.17) is 0 Å². The minimum absolute atomic E-state index is 0.772. The third kappa shape index (κ3) is 3.46. The van der Waals surface area contributed by atoms with Gasteiger partial charge in [0, 0.05) is 25.2 Å². The molecule has 3 nitrogen and oxygen atoms in total. The van der Waals surface area contributed by atoms with Gasteiger partial charge in [-0.25, -0.2) is 0 Å². The molecule has 1 saturated carbocycles. The molecule has 106 valence electrons. The topological polar surface area (TPSA) is 18.5 Å². The molecule has 1 aliphatic heterocycles. The quantitative estimate of drug-likeness (QED) is 0.776. The lowest BCUT2D eigenvalue weighted by Gasteiger charge is -2.43. The predicted molar refractivity (Wildman–Crippen MR) is 77.9 cm³/mol. The summed E-state index contributed by atoms with van der Waals surface area (Å²) in [7, 11) is 4.44. The van der Waals surface area contributed by atoms with Crippen LogP contribution in [0.4, 0.5) is 0 Å². The van der Waals surface area contributed by atoms with Crippen LogP contribution in [0, 0.1) is 11.8 Å². The van der Waals surface area contributed by atoms with Crippen molar-refractivity contribution >= 4 is 0 Å². The normalized spacial score (nSPS) is 33.3. The monoisotopic (exact) mass is 253 g/mol. The summed E-state index contributed by atoms with van der Waals surface area (Å²) >= 11 is 0. The fourth-order valence-electron chi connectivity index (χ4n) is 3.32. The Labute approximate surface area is 113 Å². The van der Waals surface area contributed by atoms with E-state index < -0.39 is 0 Å². The first kappa shape index (κ1) is 14.3. The molecule has 1 N–H and O–H groups in total. The zero-order valence-electron chi connectivity index (χ0n) is 12.7. The summed E-state index contributed by atoms with van der Waals surface area (Å²) in [4.78, 5) is 5.14. The molecule has 3 heteroatoms. The molecule has 2 fully saturated rings. The minimum Gasteiger partial charge on any atom is -0.316 e. The molecule has 1 heterocycles. The van der Waals surface area contributed by atoms with Gasteiger partial charge in [0.05, 0.1) is 0 Å². The summed E-state index contributed by atoms with van der Waals surface area (Å²) in [5, 5.41) is 3.64. The number of likely N-dealkylation sites (N-methyl/N-ethyl adjacent to an activating group) is 1. The van der Waals surface area contributed by atoms with Crippen LogP contribution in [-0.2, 0) is 0 Å². The van der Waals surface area contributed by atoms with Crippen LogP contribution in [0.3, 0.4) is 0 Å². The molecule has 0 radical (unpaired) electrons. The number of rotatable bonds is 6. The van der Waals surface area contributed by atoms with Crippen molar-refractivity contribution in [2.45, 2.75) is 45.2 Å². The van der Waals surface area contributed by atoms with E-state index in [0.29, 0.717) is 0 Å². The average molecular weight is 253 g/mol. The van der Waals surface area contributed by atoms with E-state index in [9.17, 15) is 0 Å². The molecule has 2 rings (SSSR count). The maximum absolute atomic E-state index is 3.64. The number of likely N-dealkylation sites (tertiary alicyclic amines) is 1. The molecule has 0 aromatic rings. The average Bonchev–Trinajstić information content (AvgIpc) is 2.71. The van der Waals surface area contributed by atoms with Crippen LogP contribution in [0.1, 0.15) is 33.1 Å². The Morgan fingerprint density at radius 1 is 1.22 bits per heavy atom. The number of hydrogen-bond donors (Lipinski definition) is 1. The maximum Gasteiger partial charge on any atom is 0.0229 e. The highest BCUT2D eigenvalue weighted by atomic mass is 15.3. The van der Waals surface area contributed by atoms with Crippen molar-refractivity contribution in [2.75, 3.05) is 40.3 Å². The second-order valence-electron chi connectivity index (χ2n) is 6.86. The van der Waals surface area contributed by atoms with Gasteiger partial charge in [-0.1, -0.05) is 13.8 Å². The van der Waals surface area contributed by atoms with E-state index in [2.05, 4.69) is 43.1 Å². The molecular weight excluding hydrogens is 222 g/mol. The molecule has 18 heavy (non-hydrogen) atoms. The Kier molecular flexibility index (Phi) is 5.05. The van der Waals surface area contributed by atoms with Crippen molar-refractivity contribution in [1.82, 2.24) is 15.1 Å². The Balaban J connectivity index is 1.70. The molecule has 0 aromatic heterocycles. The van der Waals surface area contributed by atoms with E-state index in [-0.39, 0.29) is 0 Å². The van der Waals surface area contributed by atoms with Gasteiger partial charge in [-0.15, -0.1) is 0 Å². The standard InChI is InChI=1S/C15H31N3/c1-12(2)9-16-10-13-5-6-15(13)18-8-7-14(11-18)17(3)4/h12-16H,5-11H2,1-4H3. The molecule has 3 unspecified atom stereocenters. The second-order valence-corrected chi connectivity index (χ2v) is 6.86. The van der Waals surface area contributed by atoms with Crippen LogP contribution < -0.4 is 5.32 Å².